The number of fused-ring (bicyclic) bond motifs is 4. The van der Waals surface area contributed by atoms with Gasteiger partial charge in [0.15, 0.2) is 5.78 Å². The van der Waals surface area contributed by atoms with Gasteiger partial charge in [0.1, 0.15) is 0 Å². The molecule has 2 aromatic heterocycles. The van der Waals surface area contributed by atoms with Crippen LogP contribution in [0.3, 0.4) is 0 Å². The lowest BCUT2D eigenvalue weighted by Gasteiger charge is -2.45. The van der Waals surface area contributed by atoms with Crippen molar-refractivity contribution in [3.05, 3.63) is 65.1 Å². The highest BCUT2D eigenvalue weighted by Crippen LogP contribution is 2.49. The number of anilines is 1. The number of hydrogen-bond donors (Lipinski definition) is 1. The van der Waals surface area contributed by atoms with Crippen molar-refractivity contribution in [3.63, 3.8) is 0 Å². The van der Waals surface area contributed by atoms with Crippen molar-refractivity contribution in [1.82, 2.24) is 9.38 Å². The third-order valence-corrected chi connectivity index (χ3v) is 7.15. The molecule has 1 aliphatic carbocycles. The van der Waals surface area contributed by atoms with Gasteiger partial charge in [-0.25, -0.2) is 4.98 Å². The van der Waals surface area contributed by atoms with Gasteiger partial charge in [0.05, 0.1) is 34.7 Å². The summed E-state index contributed by atoms with van der Waals surface area (Å²) < 4.78 is 2.16. The standard InChI is InChI=1S/C27H31N3O/c1-17(2)12-13-27(5)22-14-21(23-11-6-8-18-15-28-16-30(18)23)19-9-7-10-20(19)24(22)29-26(3,4)25(27)31/h6,8,11-12,14-16,29H,7,9-10,13H2,1-5H3. The summed E-state index contributed by atoms with van der Waals surface area (Å²) in [6, 6.07) is 8.65. The molecule has 4 nitrogen and oxygen atoms in total. The van der Waals surface area contributed by atoms with Crippen molar-refractivity contribution in [1.29, 1.82) is 0 Å². The molecule has 1 N–H and O–H groups in total. The average molecular weight is 414 g/mol. The maximum Gasteiger partial charge on any atom is 0.168 e. The fourth-order valence-electron chi connectivity index (χ4n) is 5.55. The van der Waals surface area contributed by atoms with Crippen molar-refractivity contribution in [2.45, 2.75) is 71.3 Å². The van der Waals surface area contributed by atoms with Crippen LogP contribution in [0.5, 0.6) is 0 Å². The largest absolute Gasteiger partial charge is 0.373 e. The van der Waals surface area contributed by atoms with Gasteiger partial charge >= 0.3 is 0 Å². The molecule has 0 saturated heterocycles. The molecule has 0 radical (unpaired) electrons. The molecule has 0 spiro atoms. The van der Waals surface area contributed by atoms with Crippen molar-refractivity contribution >= 4 is 17.0 Å². The highest BCUT2D eigenvalue weighted by atomic mass is 16.1. The Kier molecular flexibility index (Phi) is 4.40. The number of nitrogens with zero attached hydrogens (tertiary/aromatic N) is 2. The first-order chi connectivity index (χ1) is 14.7. The highest BCUT2D eigenvalue weighted by molar-refractivity contribution is 6.04. The third-order valence-electron chi connectivity index (χ3n) is 7.15. The summed E-state index contributed by atoms with van der Waals surface area (Å²) in [5.74, 6) is 0.259. The van der Waals surface area contributed by atoms with E-state index in [0.717, 1.165) is 42.5 Å². The van der Waals surface area contributed by atoms with E-state index in [1.54, 1.807) is 0 Å². The van der Waals surface area contributed by atoms with Crippen molar-refractivity contribution in [2.75, 3.05) is 5.32 Å². The minimum Gasteiger partial charge on any atom is -0.373 e. The Balaban J connectivity index is 1.82. The smallest absolute Gasteiger partial charge is 0.168 e. The topological polar surface area (TPSA) is 46.4 Å². The molecule has 0 bridgehead atoms. The van der Waals surface area contributed by atoms with E-state index in [4.69, 9.17) is 0 Å². The van der Waals surface area contributed by atoms with Gasteiger partial charge in [-0.3, -0.25) is 9.20 Å². The normalized spacial score (nSPS) is 21.5. The van der Waals surface area contributed by atoms with E-state index < -0.39 is 11.0 Å². The molecule has 4 heteroatoms. The molecule has 1 atom stereocenters. The summed E-state index contributed by atoms with van der Waals surface area (Å²) >= 11 is 0. The molecule has 1 aliphatic heterocycles. The maximum atomic E-state index is 13.8. The van der Waals surface area contributed by atoms with E-state index in [-0.39, 0.29) is 5.78 Å². The zero-order chi connectivity index (χ0) is 22.0. The predicted octanol–water partition coefficient (Wildman–Crippen LogP) is 5.88. The van der Waals surface area contributed by atoms with Gasteiger partial charge in [0.25, 0.3) is 0 Å². The van der Waals surface area contributed by atoms with Crippen LogP contribution in [-0.2, 0) is 23.1 Å². The number of pyridine rings is 1. The number of benzene rings is 1. The van der Waals surface area contributed by atoms with Crippen molar-refractivity contribution in [2.24, 2.45) is 0 Å². The molecule has 0 amide bonds. The number of carbonyl (C=O) groups excluding carboxylic acids is 1. The van der Waals surface area contributed by atoms with E-state index in [2.05, 4.69) is 65.8 Å². The van der Waals surface area contributed by atoms with E-state index in [9.17, 15) is 4.79 Å². The van der Waals surface area contributed by atoms with Gasteiger partial charge in [0, 0.05) is 11.3 Å². The van der Waals surface area contributed by atoms with Gasteiger partial charge in [-0.05, 0) is 95.2 Å². The van der Waals surface area contributed by atoms with Crippen LogP contribution in [0, 0.1) is 0 Å². The summed E-state index contributed by atoms with van der Waals surface area (Å²) in [7, 11) is 0. The van der Waals surface area contributed by atoms with Gasteiger partial charge in [0.2, 0.25) is 0 Å². The van der Waals surface area contributed by atoms with Gasteiger partial charge in [-0.15, -0.1) is 0 Å². The molecule has 160 valence electrons. The van der Waals surface area contributed by atoms with Crippen LogP contribution in [-0.4, -0.2) is 20.7 Å². The van der Waals surface area contributed by atoms with Crippen LogP contribution < -0.4 is 5.32 Å². The molecular formula is C27H31N3O. The molecular weight excluding hydrogens is 382 g/mol. The van der Waals surface area contributed by atoms with Crippen LogP contribution in [0.25, 0.3) is 16.8 Å². The zero-order valence-electron chi connectivity index (χ0n) is 19.2. The van der Waals surface area contributed by atoms with Crippen LogP contribution in [0.2, 0.25) is 0 Å². The molecule has 0 saturated carbocycles. The van der Waals surface area contributed by atoms with Crippen molar-refractivity contribution in [3.8, 4) is 11.3 Å². The second-order valence-electron chi connectivity index (χ2n) is 10.2. The summed E-state index contributed by atoms with van der Waals surface area (Å²) in [5, 5.41) is 3.65. The van der Waals surface area contributed by atoms with E-state index in [1.165, 1.54) is 28.0 Å². The van der Waals surface area contributed by atoms with Crippen LogP contribution in [0.4, 0.5) is 5.69 Å². The lowest BCUT2D eigenvalue weighted by atomic mass is 9.65. The molecule has 1 unspecified atom stereocenters. The number of rotatable bonds is 3. The van der Waals surface area contributed by atoms with E-state index in [0.29, 0.717) is 0 Å². The lowest BCUT2D eigenvalue weighted by molar-refractivity contribution is -0.128. The van der Waals surface area contributed by atoms with E-state index in [1.807, 2.05) is 26.4 Å². The van der Waals surface area contributed by atoms with Gasteiger partial charge < -0.3 is 5.32 Å². The Hall–Kier alpha value is -2.88. The Labute approximate surface area is 184 Å². The first-order valence-corrected chi connectivity index (χ1v) is 11.3. The second-order valence-corrected chi connectivity index (χ2v) is 10.2. The molecule has 3 aromatic rings. The van der Waals surface area contributed by atoms with Gasteiger partial charge in [-0.2, -0.15) is 0 Å². The molecule has 31 heavy (non-hydrogen) atoms. The number of ketones is 1. The quantitative estimate of drug-likeness (QED) is 0.546. The summed E-state index contributed by atoms with van der Waals surface area (Å²) in [6.45, 7) is 10.4. The fourth-order valence-corrected chi connectivity index (χ4v) is 5.55. The number of hydrogen-bond acceptors (Lipinski definition) is 3. The Morgan fingerprint density at radius 1 is 1.19 bits per heavy atom. The van der Waals surface area contributed by atoms with Crippen LogP contribution in [0.15, 0.2) is 48.4 Å². The summed E-state index contributed by atoms with van der Waals surface area (Å²) in [5.41, 5.74) is 8.74. The minimum atomic E-state index is -0.584. The fraction of sp³-hybridized carbons (Fsp3) is 0.407. The number of nitrogens with one attached hydrogen (secondary N) is 1. The second kappa shape index (κ2) is 6.81. The van der Waals surface area contributed by atoms with Gasteiger partial charge in [-0.1, -0.05) is 17.7 Å². The lowest BCUT2D eigenvalue weighted by Crippen LogP contribution is -2.55. The molecule has 5 rings (SSSR count). The molecule has 1 aromatic carbocycles. The molecule has 2 aliphatic rings. The number of aromatic nitrogens is 2. The number of imidazole rings is 1. The first kappa shape index (κ1) is 20.0. The third kappa shape index (κ3) is 2.95. The van der Waals surface area contributed by atoms with Crippen LogP contribution >= 0.6 is 0 Å². The first-order valence-electron chi connectivity index (χ1n) is 11.3. The number of Topliss-reactive ketones (excluding diaryl/α,β-unsaturated/α-hetero) is 1. The molecule has 3 heterocycles. The van der Waals surface area contributed by atoms with Crippen molar-refractivity contribution < 1.29 is 4.79 Å². The van der Waals surface area contributed by atoms with E-state index >= 15 is 0 Å². The Morgan fingerprint density at radius 3 is 2.74 bits per heavy atom. The highest BCUT2D eigenvalue weighted by Gasteiger charge is 2.49. The summed E-state index contributed by atoms with van der Waals surface area (Å²) in [4.78, 5) is 18.1. The zero-order valence-corrected chi connectivity index (χ0v) is 19.2. The monoisotopic (exact) mass is 413 g/mol. The Morgan fingerprint density at radius 2 is 1.97 bits per heavy atom. The minimum absolute atomic E-state index is 0.259. The summed E-state index contributed by atoms with van der Waals surface area (Å²) in [6.07, 6.45) is 10.0. The number of allylic oxidation sites excluding steroid dienone is 2. The number of carbonyl (C=O) groups is 1. The SMILES string of the molecule is CC(C)=CCC1(C)C(=O)C(C)(C)Nc2c1cc(-c1cccc3cncn13)c1c2CCC1. The maximum absolute atomic E-state index is 13.8. The predicted molar refractivity (Wildman–Crippen MR) is 127 cm³/mol. The van der Waals surface area contributed by atoms with Crippen LogP contribution in [0.1, 0.15) is 64.2 Å². The Bertz CT molecular complexity index is 1240. The molecule has 0 fully saturated rings. The average Bonchev–Trinajstić information content (AvgIpc) is 3.40.